The van der Waals surface area contributed by atoms with Gasteiger partial charge in [-0.05, 0) is 44.9 Å². The number of hydrogen-bond donors (Lipinski definition) is 3. The molecule has 0 heterocycles. The second kappa shape index (κ2) is 39.5. The lowest BCUT2D eigenvalue weighted by Gasteiger charge is -2.20. The Kier molecular flexibility index (Phi) is 37.9. The van der Waals surface area contributed by atoms with Crippen LogP contribution in [0.4, 0.5) is 0 Å². The maximum absolute atomic E-state index is 12.6. The van der Waals surface area contributed by atoms with Crippen molar-refractivity contribution in [2.24, 2.45) is 5.73 Å². The van der Waals surface area contributed by atoms with Gasteiger partial charge in [-0.2, -0.15) is 0 Å². The molecule has 11 nitrogen and oxygen atoms in total. The molecule has 0 aromatic carbocycles. The molecule has 0 aromatic heterocycles. The summed E-state index contributed by atoms with van der Waals surface area (Å²) >= 11 is 0. The van der Waals surface area contributed by atoms with Gasteiger partial charge in [0.2, 0.25) is 0 Å². The Morgan fingerprint density at radius 2 is 1.00 bits per heavy atom. The Morgan fingerprint density at radius 3 is 1.50 bits per heavy atom. The van der Waals surface area contributed by atoms with Crippen molar-refractivity contribution in [3.8, 4) is 0 Å². The second-order valence-electron chi connectivity index (χ2n) is 14.8. The van der Waals surface area contributed by atoms with E-state index in [1.807, 2.05) is 0 Å². The summed E-state index contributed by atoms with van der Waals surface area (Å²) in [6.45, 7) is 2.69. The third-order valence-corrected chi connectivity index (χ3v) is 10.4. The topological polar surface area (TPSA) is 172 Å². The van der Waals surface area contributed by atoms with Crippen LogP contribution in [0, 0.1) is 0 Å². The number of hydrogen-bond acceptors (Lipinski definition) is 9. The Morgan fingerprint density at radius 1 is 0.571 bits per heavy atom. The predicted molar refractivity (Wildman–Crippen MR) is 226 cm³/mol. The number of carbonyl (C=O) groups excluding carboxylic acids is 2. The molecule has 0 saturated heterocycles. The molecule has 0 amide bonds. The van der Waals surface area contributed by atoms with Gasteiger partial charge in [0.1, 0.15) is 12.6 Å². The van der Waals surface area contributed by atoms with E-state index < -0.39 is 51.1 Å². The van der Waals surface area contributed by atoms with Gasteiger partial charge in [0.05, 0.1) is 13.2 Å². The molecule has 0 saturated carbocycles. The van der Waals surface area contributed by atoms with Crippen LogP contribution in [0.5, 0.6) is 0 Å². The van der Waals surface area contributed by atoms with Crippen LogP contribution in [0.15, 0.2) is 36.5 Å². The number of nitrogens with two attached hydrogens (primary N) is 1. The number of carboxylic acids is 1. The van der Waals surface area contributed by atoms with Crippen molar-refractivity contribution in [3.63, 3.8) is 0 Å². The first kappa shape index (κ1) is 53.7. The largest absolute Gasteiger partial charge is 0.480 e. The quantitative estimate of drug-likeness (QED) is 0.0232. The van der Waals surface area contributed by atoms with Crippen molar-refractivity contribution >= 4 is 25.7 Å². The van der Waals surface area contributed by atoms with Crippen molar-refractivity contribution in [3.05, 3.63) is 36.5 Å². The average molecular weight is 814 g/mol. The highest BCUT2D eigenvalue weighted by molar-refractivity contribution is 7.47. The first-order valence-corrected chi connectivity index (χ1v) is 23.5. The summed E-state index contributed by atoms with van der Waals surface area (Å²) < 4.78 is 32.7. The van der Waals surface area contributed by atoms with Gasteiger partial charge < -0.3 is 25.2 Å². The Bertz CT molecular complexity index is 1100. The molecule has 0 bridgehead atoms. The van der Waals surface area contributed by atoms with Gasteiger partial charge in [-0.25, -0.2) is 4.57 Å². The van der Waals surface area contributed by atoms with Crippen molar-refractivity contribution in [2.45, 2.75) is 206 Å². The molecule has 0 aliphatic carbocycles. The van der Waals surface area contributed by atoms with Gasteiger partial charge >= 0.3 is 25.7 Å². The van der Waals surface area contributed by atoms with E-state index >= 15 is 0 Å². The summed E-state index contributed by atoms with van der Waals surface area (Å²) in [5.74, 6) is -2.38. The van der Waals surface area contributed by atoms with Gasteiger partial charge in [-0.15, -0.1) is 0 Å². The minimum absolute atomic E-state index is 0.151. The van der Waals surface area contributed by atoms with Crippen LogP contribution in [0.25, 0.3) is 0 Å². The number of rotatable bonds is 41. The summed E-state index contributed by atoms with van der Waals surface area (Å²) in [4.78, 5) is 46.0. The van der Waals surface area contributed by atoms with Crippen molar-refractivity contribution < 1.29 is 47.5 Å². The number of aliphatic carboxylic acids is 1. The summed E-state index contributed by atoms with van der Waals surface area (Å²) in [5.41, 5.74) is 5.33. The minimum Gasteiger partial charge on any atom is -0.480 e. The third-order valence-electron chi connectivity index (χ3n) is 9.40. The van der Waals surface area contributed by atoms with Crippen molar-refractivity contribution in [2.75, 3.05) is 19.8 Å². The summed E-state index contributed by atoms with van der Waals surface area (Å²) in [6.07, 6.45) is 42.0. The Hall–Kier alpha value is -2.30. The summed E-state index contributed by atoms with van der Waals surface area (Å²) in [6, 6.07) is -1.52. The fourth-order valence-corrected chi connectivity index (χ4v) is 6.74. The van der Waals surface area contributed by atoms with Crippen LogP contribution < -0.4 is 5.73 Å². The fraction of sp³-hybridized carbons (Fsp3) is 0.795. The Labute approximate surface area is 340 Å². The summed E-state index contributed by atoms with van der Waals surface area (Å²) in [5, 5.41) is 8.89. The van der Waals surface area contributed by atoms with Gasteiger partial charge in [0.15, 0.2) is 6.10 Å². The monoisotopic (exact) mass is 814 g/mol. The van der Waals surface area contributed by atoms with Crippen LogP contribution >= 0.6 is 7.82 Å². The van der Waals surface area contributed by atoms with E-state index in [-0.39, 0.29) is 19.4 Å². The lowest BCUT2D eigenvalue weighted by Crippen LogP contribution is -2.34. The molecule has 3 atom stereocenters. The van der Waals surface area contributed by atoms with Gasteiger partial charge in [-0.3, -0.25) is 23.4 Å². The van der Waals surface area contributed by atoms with E-state index in [0.29, 0.717) is 12.8 Å². The van der Waals surface area contributed by atoms with Gasteiger partial charge in [0, 0.05) is 12.8 Å². The van der Waals surface area contributed by atoms with E-state index in [9.17, 15) is 23.8 Å². The van der Waals surface area contributed by atoms with Crippen LogP contribution in [-0.2, 0) is 37.5 Å². The van der Waals surface area contributed by atoms with E-state index in [4.69, 9.17) is 24.8 Å². The first-order valence-electron chi connectivity index (χ1n) is 22.0. The van der Waals surface area contributed by atoms with Gasteiger partial charge in [-0.1, -0.05) is 172 Å². The zero-order valence-corrected chi connectivity index (χ0v) is 36.1. The highest BCUT2D eigenvalue weighted by atomic mass is 31.2. The molecule has 326 valence electrons. The number of carbonyl (C=O) groups is 3. The molecule has 0 fully saturated rings. The van der Waals surface area contributed by atoms with Crippen molar-refractivity contribution in [1.82, 2.24) is 0 Å². The van der Waals surface area contributed by atoms with Crippen LogP contribution in [0.1, 0.15) is 194 Å². The zero-order valence-electron chi connectivity index (χ0n) is 35.2. The minimum atomic E-state index is -4.72. The second-order valence-corrected chi connectivity index (χ2v) is 16.3. The molecule has 0 aromatic rings. The van der Waals surface area contributed by atoms with Gasteiger partial charge in [0.25, 0.3) is 0 Å². The number of unbranched alkanes of at least 4 members (excludes halogenated alkanes) is 21. The number of carboxylic acid groups (broad SMARTS) is 1. The van der Waals surface area contributed by atoms with Crippen LogP contribution in [0.3, 0.4) is 0 Å². The highest BCUT2D eigenvalue weighted by Crippen LogP contribution is 2.43. The number of esters is 2. The normalized spacial score (nSPS) is 14.1. The lowest BCUT2D eigenvalue weighted by molar-refractivity contribution is -0.161. The molecular weight excluding hydrogens is 733 g/mol. The highest BCUT2D eigenvalue weighted by Gasteiger charge is 2.28. The van der Waals surface area contributed by atoms with E-state index in [1.165, 1.54) is 77.0 Å². The van der Waals surface area contributed by atoms with E-state index in [0.717, 1.165) is 77.0 Å². The SMILES string of the molecule is CCC=CCC=CCC=CCCCCCCCCCC(=O)OC(COC(=O)CCCCCCCCCCCCCCCCC)COP(=O)(O)OCC(N)C(=O)O. The number of ether oxygens (including phenoxy) is 2. The maximum Gasteiger partial charge on any atom is 0.472 e. The number of allylic oxidation sites excluding steroid dienone is 6. The average Bonchev–Trinajstić information content (AvgIpc) is 3.17. The number of phosphoric ester groups is 1. The van der Waals surface area contributed by atoms with E-state index in [1.54, 1.807) is 0 Å². The zero-order chi connectivity index (χ0) is 41.4. The molecule has 0 rings (SSSR count). The van der Waals surface area contributed by atoms with E-state index in [2.05, 4.69) is 54.8 Å². The maximum atomic E-state index is 12.6. The molecule has 0 spiro atoms. The molecule has 56 heavy (non-hydrogen) atoms. The molecule has 4 N–H and O–H groups in total. The van der Waals surface area contributed by atoms with Crippen molar-refractivity contribution in [1.29, 1.82) is 0 Å². The standard InChI is InChI=1S/C44H80NO10P/c1-3-5-7-9-11-13-15-17-19-20-22-24-26-28-30-32-34-36-43(47)55-40(38-53-56(50,51)54-39-41(45)44(48)49)37-52-42(46)35-33-31-29-27-25-23-21-18-16-14-12-10-8-6-4-2/h5,7,11,13,17,19,40-41H,3-4,6,8-10,12,14-16,18,20-39,45H2,1-2H3,(H,48,49)(H,50,51). The predicted octanol–water partition coefficient (Wildman–Crippen LogP) is 11.6. The molecular formula is C44H80NO10P. The lowest BCUT2D eigenvalue weighted by atomic mass is 10.0. The molecule has 12 heteroatoms. The third kappa shape index (κ3) is 38.6. The Balaban J connectivity index is 4.35. The fourth-order valence-electron chi connectivity index (χ4n) is 5.96. The molecule has 0 radical (unpaired) electrons. The number of phosphoric acid groups is 1. The van der Waals surface area contributed by atoms with Crippen LogP contribution in [-0.4, -0.2) is 59.9 Å². The van der Waals surface area contributed by atoms with Crippen LogP contribution in [0.2, 0.25) is 0 Å². The summed E-state index contributed by atoms with van der Waals surface area (Å²) in [7, 11) is -4.72. The first-order chi connectivity index (χ1) is 27.1. The molecule has 3 unspecified atom stereocenters. The smallest absolute Gasteiger partial charge is 0.472 e. The molecule has 0 aliphatic heterocycles. The molecule has 0 aliphatic rings.